The molecule has 0 unspecified atom stereocenters. The Hall–Kier alpha value is -3.13. The molecule has 8 heteroatoms. The van der Waals surface area contributed by atoms with Crippen molar-refractivity contribution in [3.05, 3.63) is 75.5 Å². The van der Waals surface area contributed by atoms with Crippen molar-refractivity contribution < 1.29 is 14.7 Å². The minimum Gasteiger partial charge on any atom is -0.508 e. The summed E-state index contributed by atoms with van der Waals surface area (Å²) in [4.78, 5) is 25.0. The maximum absolute atomic E-state index is 12.9. The van der Waals surface area contributed by atoms with Gasteiger partial charge in [-0.25, -0.2) is 4.68 Å². The molecule has 4 rings (SSSR count). The Morgan fingerprint density at radius 2 is 1.75 bits per heavy atom. The van der Waals surface area contributed by atoms with E-state index in [1.165, 1.54) is 12.1 Å². The Morgan fingerprint density at radius 3 is 2.53 bits per heavy atom. The van der Waals surface area contributed by atoms with Gasteiger partial charge >= 0.3 is 0 Å². The molecule has 0 bridgehead atoms. The van der Waals surface area contributed by atoms with Gasteiger partial charge in [-0.1, -0.05) is 28.1 Å². The number of nitrogens with one attached hydrogen (secondary N) is 2. The summed E-state index contributed by atoms with van der Waals surface area (Å²) in [5.41, 5.74) is 3.97. The molecule has 1 aliphatic rings. The van der Waals surface area contributed by atoms with Gasteiger partial charge in [0.15, 0.2) is 5.69 Å². The Bertz CT molecular complexity index is 1140. The summed E-state index contributed by atoms with van der Waals surface area (Å²) >= 11 is 3.51. The molecular weight excluding hydrogens is 472 g/mol. The molecule has 0 radical (unpaired) electrons. The second kappa shape index (κ2) is 9.99. The highest BCUT2D eigenvalue weighted by molar-refractivity contribution is 9.10. The zero-order valence-corrected chi connectivity index (χ0v) is 19.2. The van der Waals surface area contributed by atoms with Crippen molar-refractivity contribution in [2.45, 2.75) is 32.1 Å². The largest absolute Gasteiger partial charge is 0.508 e. The number of phenolic OH excluding ortho intramolecular Hbond substituents is 1. The Balaban J connectivity index is 1.36. The van der Waals surface area contributed by atoms with Crippen molar-refractivity contribution in [3.63, 3.8) is 0 Å². The van der Waals surface area contributed by atoms with Crippen molar-refractivity contribution >= 4 is 27.7 Å². The maximum Gasteiger partial charge on any atom is 0.272 e. The molecule has 7 nitrogen and oxygen atoms in total. The van der Waals surface area contributed by atoms with E-state index in [0.717, 1.165) is 47.1 Å². The molecule has 0 saturated carbocycles. The zero-order chi connectivity index (χ0) is 22.5. The van der Waals surface area contributed by atoms with Crippen LogP contribution in [-0.2, 0) is 12.8 Å². The molecule has 2 amide bonds. The Labute approximate surface area is 195 Å². The van der Waals surface area contributed by atoms with Gasteiger partial charge in [-0.3, -0.25) is 9.59 Å². The van der Waals surface area contributed by atoms with Crippen LogP contribution in [0.1, 0.15) is 51.4 Å². The lowest BCUT2D eigenvalue weighted by atomic mass is 9.95. The molecule has 32 heavy (non-hydrogen) atoms. The van der Waals surface area contributed by atoms with Crippen LogP contribution in [-0.4, -0.2) is 39.8 Å². The molecule has 166 valence electrons. The summed E-state index contributed by atoms with van der Waals surface area (Å²) in [5.74, 6) is -0.388. The first-order chi connectivity index (χ1) is 15.5. The molecule has 1 aromatic heterocycles. The molecule has 1 heterocycles. The first kappa shape index (κ1) is 22.1. The second-order valence-electron chi connectivity index (χ2n) is 7.79. The van der Waals surface area contributed by atoms with E-state index in [0.29, 0.717) is 30.8 Å². The van der Waals surface area contributed by atoms with Gasteiger partial charge in [-0.05, 0) is 68.5 Å². The lowest BCUT2D eigenvalue weighted by Gasteiger charge is -2.14. The molecule has 3 N–H and O–H groups in total. The topological polar surface area (TPSA) is 96.3 Å². The number of amides is 2. The number of aromatic nitrogens is 2. The van der Waals surface area contributed by atoms with E-state index >= 15 is 0 Å². The normalized spacial score (nSPS) is 12.8. The van der Waals surface area contributed by atoms with Gasteiger partial charge in [0, 0.05) is 34.4 Å². The number of aromatic hydroxyl groups is 1. The van der Waals surface area contributed by atoms with Crippen LogP contribution < -0.4 is 10.6 Å². The summed E-state index contributed by atoms with van der Waals surface area (Å²) < 4.78 is 2.86. The minimum atomic E-state index is -0.255. The fraction of sp³-hybridized carbons (Fsp3) is 0.292. The first-order valence-electron chi connectivity index (χ1n) is 10.7. The average Bonchev–Trinajstić information content (AvgIpc) is 3.18. The van der Waals surface area contributed by atoms with E-state index < -0.39 is 0 Å². The molecule has 2 aromatic carbocycles. The van der Waals surface area contributed by atoms with Crippen LogP contribution in [0.4, 0.5) is 0 Å². The average molecular weight is 497 g/mol. The maximum atomic E-state index is 12.9. The third-order valence-electron chi connectivity index (χ3n) is 5.48. The first-order valence-corrected chi connectivity index (χ1v) is 11.5. The van der Waals surface area contributed by atoms with Crippen molar-refractivity contribution in [2.75, 3.05) is 13.1 Å². The predicted octanol–water partition coefficient (Wildman–Crippen LogP) is 3.77. The number of hydrogen-bond donors (Lipinski definition) is 3. The van der Waals surface area contributed by atoms with E-state index in [1.807, 2.05) is 28.9 Å². The fourth-order valence-corrected chi connectivity index (χ4v) is 4.32. The molecule has 0 atom stereocenters. The monoisotopic (exact) mass is 496 g/mol. The summed E-state index contributed by atoms with van der Waals surface area (Å²) in [7, 11) is 0. The lowest BCUT2D eigenvalue weighted by Crippen LogP contribution is -2.30. The number of carbonyl (C=O) groups excluding carboxylic acids is 2. The number of hydrogen-bond acceptors (Lipinski definition) is 4. The number of halogens is 1. The van der Waals surface area contributed by atoms with E-state index in [4.69, 9.17) is 0 Å². The van der Waals surface area contributed by atoms with Crippen LogP contribution in [0.2, 0.25) is 0 Å². The van der Waals surface area contributed by atoms with Crippen LogP contribution in [0.3, 0.4) is 0 Å². The number of fused-ring (bicyclic) bond motifs is 1. The molecule has 0 aliphatic heterocycles. The molecular formula is C24H25BrN4O3. The third-order valence-corrected chi connectivity index (χ3v) is 5.97. The Kier molecular flexibility index (Phi) is 6.90. The smallest absolute Gasteiger partial charge is 0.272 e. The van der Waals surface area contributed by atoms with Crippen LogP contribution in [0.5, 0.6) is 5.75 Å². The zero-order valence-electron chi connectivity index (χ0n) is 17.6. The van der Waals surface area contributed by atoms with E-state index in [1.54, 1.807) is 12.1 Å². The van der Waals surface area contributed by atoms with Crippen molar-refractivity contribution in [1.82, 2.24) is 20.4 Å². The van der Waals surface area contributed by atoms with E-state index in [-0.39, 0.29) is 17.6 Å². The quantitative estimate of drug-likeness (QED) is 0.433. The predicted molar refractivity (Wildman–Crippen MR) is 125 cm³/mol. The highest BCUT2D eigenvalue weighted by Crippen LogP contribution is 2.28. The number of rotatable bonds is 7. The van der Waals surface area contributed by atoms with Crippen molar-refractivity contribution in [1.29, 1.82) is 0 Å². The lowest BCUT2D eigenvalue weighted by molar-refractivity contribution is 0.0946. The van der Waals surface area contributed by atoms with Crippen molar-refractivity contribution in [2.24, 2.45) is 0 Å². The highest BCUT2D eigenvalue weighted by atomic mass is 79.9. The van der Waals surface area contributed by atoms with Crippen molar-refractivity contribution in [3.8, 4) is 11.4 Å². The van der Waals surface area contributed by atoms with Gasteiger partial charge in [0.1, 0.15) is 5.75 Å². The van der Waals surface area contributed by atoms with Crippen LogP contribution in [0, 0.1) is 0 Å². The SMILES string of the molecule is O=C(NCCCNC(=O)c1nn(-c2cccc(Br)c2)c2c1CCCC2)c1cccc(O)c1. The summed E-state index contributed by atoms with van der Waals surface area (Å²) in [5, 5.41) is 19.9. The highest BCUT2D eigenvalue weighted by Gasteiger charge is 2.25. The van der Waals surface area contributed by atoms with Crippen LogP contribution in [0.25, 0.3) is 5.69 Å². The molecule has 0 fully saturated rings. The van der Waals surface area contributed by atoms with E-state index in [2.05, 4.69) is 31.7 Å². The number of carbonyl (C=O) groups is 2. The van der Waals surface area contributed by atoms with Gasteiger partial charge < -0.3 is 15.7 Å². The number of nitrogens with zero attached hydrogens (tertiary/aromatic N) is 2. The molecule has 0 spiro atoms. The standard InChI is InChI=1S/C24H25BrN4O3/c25-17-7-4-8-18(15-17)29-21-11-2-1-10-20(21)22(28-29)24(32)27-13-5-12-26-23(31)16-6-3-9-19(30)14-16/h3-4,6-9,14-15,30H,1-2,5,10-13H2,(H,26,31)(H,27,32). The van der Waals surface area contributed by atoms with Gasteiger partial charge in [0.25, 0.3) is 11.8 Å². The summed E-state index contributed by atoms with van der Waals surface area (Å²) in [6.07, 6.45) is 4.49. The van der Waals surface area contributed by atoms with Gasteiger partial charge in [0.2, 0.25) is 0 Å². The number of benzene rings is 2. The van der Waals surface area contributed by atoms with Crippen LogP contribution >= 0.6 is 15.9 Å². The van der Waals surface area contributed by atoms with Gasteiger partial charge in [-0.2, -0.15) is 5.10 Å². The summed E-state index contributed by atoms with van der Waals surface area (Å²) in [6, 6.07) is 14.1. The van der Waals surface area contributed by atoms with E-state index in [9.17, 15) is 14.7 Å². The molecule has 1 aliphatic carbocycles. The van der Waals surface area contributed by atoms with Gasteiger partial charge in [0.05, 0.1) is 5.69 Å². The number of phenols is 1. The van der Waals surface area contributed by atoms with Gasteiger partial charge in [-0.15, -0.1) is 0 Å². The third kappa shape index (κ3) is 5.02. The molecule has 0 saturated heterocycles. The summed E-state index contributed by atoms with van der Waals surface area (Å²) in [6.45, 7) is 0.844. The minimum absolute atomic E-state index is 0.0514. The fourth-order valence-electron chi connectivity index (χ4n) is 3.93. The van der Waals surface area contributed by atoms with Crippen LogP contribution in [0.15, 0.2) is 53.0 Å². The molecule has 3 aromatic rings. The Morgan fingerprint density at radius 1 is 1.00 bits per heavy atom. The second-order valence-corrected chi connectivity index (χ2v) is 8.70.